The van der Waals surface area contributed by atoms with Gasteiger partial charge in [-0.3, -0.25) is 9.88 Å². The predicted molar refractivity (Wildman–Crippen MR) is 58.1 cm³/mol. The Bertz CT molecular complexity index is 271. The van der Waals surface area contributed by atoms with Crippen LogP contribution < -0.4 is 0 Å². The molecule has 0 amide bonds. The van der Waals surface area contributed by atoms with Crippen LogP contribution in [0.25, 0.3) is 0 Å². The van der Waals surface area contributed by atoms with Crippen LogP contribution in [0.4, 0.5) is 0 Å². The summed E-state index contributed by atoms with van der Waals surface area (Å²) in [5.74, 6) is 0. The number of nitrogens with zero attached hydrogens (tertiary/aromatic N) is 2. The molecular formula is C12H18N2. The monoisotopic (exact) mass is 190 g/mol. The normalized spacial score (nSPS) is 24.5. The van der Waals surface area contributed by atoms with E-state index >= 15 is 0 Å². The van der Waals surface area contributed by atoms with Crippen molar-refractivity contribution in [2.75, 3.05) is 13.6 Å². The van der Waals surface area contributed by atoms with E-state index in [0.717, 1.165) is 0 Å². The molecule has 1 aromatic heterocycles. The molecule has 0 radical (unpaired) electrons. The van der Waals surface area contributed by atoms with Crippen molar-refractivity contribution in [3.05, 3.63) is 30.1 Å². The molecule has 1 saturated heterocycles. The Hall–Kier alpha value is -0.890. The van der Waals surface area contributed by atoms with E-state index in [-0.39, 0.29) is 0 Å². The molecule has 1 unspecified atom stereocenters. The molecule has 1 aliphatic heterocycles. The van der Waals surface area contributed by atoms with Crippen molar-refractivity contribution in [1.29, 1.82) is 0 Å². The molecule has 0 N–H and O–H groups in total. The predicted octanol–water partition coefficient (Wildman–Crippen LogP) is 2.63. The molecule has 2 nitrogen and oxygen atoms in total. The van der Waals surface area contributed by atoms with Crippen LogP contribution >= 0.6 is 0 Å². The van der Waals surface area contributed by atoms with Crippen LogP contribution in [0.15, 0.2) is 24.4 Å². The fourth-order valence-corrected chi connectivity index (χ4v) is 2.20. The molecule has 0 bridgehead atoms. The fraction of sp³-hybridized carbons (Fsp3) is 0.583. The summed E-state index contributed by atoms with van der Waals surface area (Å²) in [7, 11) is 2.21. The zero-order valence-electron chi connectivity index (χ0n) is 8.82. The standard InChI is InChI=1S/C12H18N2/c1-14-10-6-2-3-8-12(14)11-7-4-5-9-13-11/h4-5,7,9,12H,2-3,6,8,10H2,1H3. The lowest BCUT2D eigenvalue weighted by molar-refractivity contribution is 0.246. The molecule has 1 aliphatic rings. The Morgan fingerprint density at radius 1 is 1.29 bits per heavy atom. The molecule has 1 atom stereocenters. The van der Waals surface area contributed by atoms with Crippen molar-refractivity contribution in [1.82, 2.24) is 9.88 Å². The van der Waals surface area contributed by atoms with Crippen LogP contribution in [0.2, 0.25) is 0 Å². The second kappa shape index (κ2) is 4.56. The summed E-state index contributed by atoms with van der Waals surface area (Å²) in [4.78, 5) is 6.89. The summed E-state index contributed by atoms with van der Waals surface area (Å²) < 4.78 is 0. The van der Waals surface area contributed by atoms with E-state index in [0.29, 0.717) is 6.04 Å². The van der Waals surface area contributed by atoms with Gasteiger partial charge in [-0.1, -0.05) is 18.9 Å². The molecule has 2 heterocycles. The molecule has 0 saturated carbocycles. The van der Waals surface area contributed by atoms with E-state index in [1.165, 1.54) is 37.9 Å². The lowest BCUT2D eigenvalue weighted by Crippen LogP contribution is -2.24. The maximum Gasteiger partial charge on any atom is 0.0575 e. The summed E-state index contributed by atoms with van der Waals surface area (Å²) in [6, 6.07) is 6.76. The van der Waals surface area contributed by atoms with Crippen LogP contribution in [-0.2, 0) is 0 Å². The van der Waals surface area contributed by atoms with Gasteiger partial charge in [-0.15, -0.1) is 0 Å². The summed E-state index contributed by atoms with van der Waals surface area (Å²) in [6.07, 6.45) is 7.20. The van der Waals surface area contributed by atoms with E-state index in [1.807, 2.05) is 12.3 Å². The van der Waals surface area contributed by atoms with E-state index < -0.39 is 0 Å². The second-order valence-corrected chi connectivity index (χ2v) is 4.10. The smallest absolute Gasteiger partial charge is 0.0575 e. The molecule has 0 aliphatic carbocycles. The molecule has 0 spiro atoms. The molecule has 2 rings (SSSR count). The Kier molecular flexibility index (Phi) is 3.14. The fourth-order valence-electron chi connectivity index (χ4n) is 2.20. The van der Waals surface area contributed by atoms with Crippen LogP contribution in [0.1, 0.15) is 37.4 Å². The highest BCUT2D eigenvalue weighted by molar-refractivity contribution is 5.09. The SMILES string of the molecule is CN1CCCCCC1c1ccccn1. The van der Waals surface area contributed by atoms with Crippen LogP contribution in [0.5, 0.6) is 0 Å². The van der Waals surface area contributed by atoms with Gasteiger partial charge in [-0.25, -0.2) is 0 Å². The maximum absolute atomic E-state index is 4.45. The van der Waals surface area contributed by atoms with Gasteiger partial charge in [0, 0.05) is 6.20 Å². The van der Waals surface area contributed by atoms with Gasteiger partial charge in [-0.2, -0.15) is 0 Å². The first-order valence-electron chi connectivity index (χ1n) is 5.49. The Morgan fingerprint density at radius 3 is 3.00 bits per heavy atom. The third-order valence-corrected chi connectivity index (χ3v) is 3.05. The molecule has 14 heavy (non-hydrogen) atoms. The van der Waals surface area contributed by atoms with Crippen molar-refractivity contribution in [2.45, 2.75) is 31.7 Å². The lowest BCUT2D eigenvalue weighted by Gasteiger charge is -2.24. The molecule has 1 fully saturated rings. The number of likely N-dealkylation sites (tertiary alicyclic amines) is 1. The van der Waals surface area contributed by atoms with E-state index in [9.17, 15) is 0 Å². The maximum atomic E-state index is 4.45. The van der Waals surface area contributed by atoms with Gasteiger partial charge in [-0.05, 0) is 38.6 Å². The van der Waals surface area contributed by atoms with Crippen molar-refractivity contribution in [2.24, 2.45) is 0 Å². The number of rotatable bonds is 1. The number of aromatic nitrogens is 1. The number of hydrogen-bond donors (Lipinski definition) is 0. The minimum absolute atomic E-state index is 0.540. The number of hydrogen-bond acceptors (Lipinski definition) is 2. The van der Waals surface area contributed by atoms with Gasteiger partial charge >= 0.3 is 0 Å². The average molecular weight is 190 g/mol. The molecule has 2 heteroatoms. The Balaban J connectivity index is 2.15. The zero-order chi connectivity index (χ0) is 9.80. The third-order valence-electron chi connectivity index (χ3n) is 3.05. The topological polar surface area (TPSA) is 16.1 Å². The van der Waals surface area contributed by atoms with Gasteiger partial charge in [0.1, 0.15) is 0 Å². The highest BCUT2D eigenvalue weighted by Gasteiger charge is 2.19. The zero-order valence-corrected chi connectivity index (χ0v) is 8.82. The highest BCUT2D eigenvalue weighted by Crippen LogP contribution is 2.26. The highest BCUT2D eigenvalue weighted by atomic mass is 15.1. The largest absolute Gasteiger partial charge is 0.298 e. The van der Waals surface area contributed by atoms with Crippen LogP contribution in [0.3, 0.4) is 0 Å². The average Bonchev–Trinajstić information content (AvgIpc) is 2.44. The van der Waals surface area contributed by atoms with Gasteiger partial charge in [0.25, 0.3) is 0 Å². The quantitative estimate of drug-likeness (QED) is 0.676. The minimum Gasteiger partial charge on any atom is -0.298 e. The van der Waals surface area contributed by atoms with Crippen LogP contribution in [-0.4, -0.2) is 23.5 Å². The second-order valence-electron chi connectivity index (χ2n) is 4.10. The van der Waals surface area contributed by atoms with Gasteiger partial charge < -0.3 is 0 Å². The third kappa shape index (κ3) is 2.13. The molecular weight excluding hydrogens is 172 g/mol. The van der Waals surface area contributed by atoms with Crippen molar-refractivity contribution in [3.8, 4) is 0 Å². The molecule has 76 valence electrons. The first kappa shape index (κ1) is 9.66. The Morgan fingerprint density at radius 2 is 2.21 bits per heavy atom. The van der Waals surface area contributed by atoms with Gasteiger partial charge in [0.05, 0.1) is 11.7 Å². The van der Waals surface area contributed by atoms with Gasteiger partial charge in [0.2, 0.25) is 0 Å². The van der Waals surface area contributed by atoms with E-state index in [4.69, 9.17) is 0 Å². The molecule has 1 aromatic rings. The summed E-state index contributed by atoms with van der Waals surface area (Å²) >= 11 is 0. The minimum atomic E-state index is 0.540. The molecule has 0 aromatic carbocycles. The van der Waals surface area contributed by atoms with Crippen molar-refractivity contribution in [3.63, 3.8) is 0 Å². The first-order valence-corrected chi connectivity index (χ1v) is 5.49. The lowest BCUT2D eigenvalue weighted by atomic mass is 10.1. The summed E-state index contributed by atoms with van der Waals surface area (Å²) in [5, 5.41) is 0. The Labute approximate surface area is 86.0 Å². The van der Waals surface area contributed by atoms with E-state index in [2.05, 4.69) is 29.1 Å². The van der Waals surface area contributed by atoms with Crippen molar-refractivity contribution >= 4 is 0 Å². The first-order chi connectivity index (χ1) is 6.88. The van der Waals surface area contributed by atoms with Gasteiger partial charge in [0.15, 0.2) is 0 Å². The summed E-state index contributed by atoms with van der Waals surface area (Å²) in [6.45, 7) is 1.21. The van der Waals surface area contributed by atoms with Crippen LogP contribution in [0, 0.1) is 0 Å². The number of pyridine rings is 1. The van der Waals surface area contributed by atoms with Crippen molar-refractivity contribution < 1.29 is 0 Å². The van der Waals surface area contributed by atoms with E-state index in [1.54, 1.807) is 0 Å². The summed E-state index contributed by atoms with van der Waals surface area (Å²) in [5.41, 5.74) is 1.23.